The topological polar surface area (TPSA) is 67.3 Å². The van der Waals surface area contributed by atoms with E-state index >= 15 is 0 Å². The van der Waals surface area contributed by atoms with E-state index in [2.05, 4.69) is 4.98 Å². The first-order valence-corrected chi connectivity index (χ1v) is 8.23. The number of thiazole rings is 1. The van der Waals surface area contributed by atoms with Crippen molar-refractivity contribution in [2.24, 2.45) is 0 Å². The number of aromatic nitrogens is 1. The van der Waals surface area contributed by atoms with Gasteiger partial charge in [0.15, 0.2) is 0 Å². The van der Waals surface area contributed by atoms with Crippen LogP contribution in [0.3, 0.4) is 0 Å². The third-order valence-electron chi connectivity index (χ3n) is 2.57. The van der Waals surface area contributed by atoms with Gasteiger partial charge in [0, 0.05) is 34.7 Å². The van der Waals surface area contributed by atoms with Crippen molar-refractivity contribution in [2.75, 3.05) is 6.54 Å². The van der Waals surface area contributed by atoms with E-state index in [4.69, 9.17) is 10.7 Å². The summed E-state index contributed by atoms with van der Waals surface area (Å²) < 4.78 is 22.3. The molecule has 94 valence electrons. The number of hydrogen-bond donors (Lipinski definition) is 0. The molecular formula is C9H11ClN2O3S2. The van der Waals surface area contributed by atoms with Gasteiger partial charge in [0.05, 0.1) is 6.54 Å². The molecule has 1 atom stereocenters. The number of carbonyl (C=O) groups is 1. The summed E-state index contributed by atoms with van der Waals surface area (Å²) in [5.41, 5.74) is 0.901. The van der Waals surface area contributed by atoms with Crippen molar-refractivity contribution in [1.29, 1.82) is 0 Å². The van der Waals surface area contributed by atoms with E-state index in [1.165, 1.54) is 16.2 Å². The summed E-state index contributed by atoms with van der Waals surface area (Å²) in [7, 11) is 1.59. The van der Waals surface area contributed by atoms with Crippen LogP contribution in [0, 0.1) is 6.92 Å². The minimum absolute atomic E-state index is 0.0316. The quantitative estimate of drug-likeness (QED) is 0.784. The van der Waals surface area contributed by atoms with Crippen LogP contribution in [0.5, 0.6) is 0 Å². The molecule has 2 rings (SSSR count). The van der Waals surface area contributed by atoms with Crippen LogP contribution in [-0.4, -0.2) is 36.0 Å². The Morgan fingerprint density at radius 2 is 2.35 bits per heavy atom. The van der Waals surface area contributed by atoms with Gasteiger partial charge in [0.1, 0.15) is 10.3 Å². The van der Waals surface area contributed by atoms with E-state index in [1.807, 2.05) is 12.3 Å². The van der Waals surface area contributed by atoms with Crippen LogP contribution in [0.15, 0.2) is 5.38 Å². The van der Waals surface area contributed by atoms with Gasteiger partial charge < -0.3 is 4.90 Å². The summed E-state index contributed by atoms with van der Waals surface area (Å²) in [6.45, 7) is 2.39. The molecule has 0 saturated carbocycles. The van der Waals surface area contributed by atoms with Crippen LogP contribution in [0.1, 0.15) is 17.1 Å². The lowest BCUT2D eigenvalue weighted by Crippen LogP contribution is -2.26. The molecule has 1 saturated heterocycles. The SMILES string of the molecule is Cc1csc(CN2CC(S(=O)(=O)Cl)CC2=O)n1. The molecule has 0 spiro atoms. The lowest BCUT2D eigenvalue weighted by Gasteiger charge is -2.13. The predicted octanol–water partition coefficient (Wildman–Crippen LogP) is 1.12. The van der Waals surface area contributed by atoms with E-state index < -0.39 is 14.3 Å². The van der Waals surface area contributed by atoms with Crippen molar-refractivity contribution in [3.63, 3.8) is 0 Å². The average molecular weight is 295 g/mol. The Hall–Kier alpha value is -0.660. The van der Waals surface area contributed by atoms with Gasteiger partial charge in [-0.15, -0.1) is 11.3 Å². The standard InChI is InChI=1S/C9H11ClN2O3S2/c1-6-5-16-8(11-6)4-12-3-7(2-9(12)13)17(10,14)15/h5,7H,2-4H2,1H3. The lowest BCUT2D eigenvalue weighted by molar-refractivity contribution is -0.128. The molecule has 8 heteroatoms. The van der Waals surface area contributed by atoms with Crippen molar-refractivity contribution in [3.8, 4) is 0 Å². The Labute approximate surface area is 108 Å². The smallest absolute Gasteiger partial charge is 0.237 e. The fourth-order valence-corrected chi connectivity index (χ4v) is 3.56. The van der Waals surface area contributed by atoms with Crippen molar-refractivity contribution in [2.45, 2.75) is 25.1 Å². The molecular weight excluding hydrogens is 284 g/mol. The maximum Gasteiger partial charge on any atom is 0.237 e. The fraction of sp³-hybridized carbons (Fsp3) is 0.556. The van der Waals surface area contributed by atoms with E-state index in [9.17, 15) is 13.2 Å². The summed E-state index contributed by atoms with van der Waals surface area (Å²) >= 11 is 1.46. The summed E-state index contributed by atoms with van der Waals surface area (Å²) in [5, 5.41) is 1.91. The Morgan fingerprint density at radius 3 is 2.82 bits per heavy atom. The summed E-state index contributed by atoms with van der Waals surface area (Å²) in [4.78, 5) is 17.3. The Balaban J connectivity index is 2.07. The molecule has 5 nitrogen and oxygen atoms in total. The van der Waals surface area contributed by atoms with Crippen LogP contribution >= 0.6 is 22.0 Å². The molecule has 0 aromatic carbocycles. The minimum Gasteiger partial charge on any atom is -0.335 e. The normalized spacial score (nSPS) is 21.2. The van der Waals surface area contributed by atoms with Crippen LogP contribution < -0.4 is 0 Å². The monoisotopic (exact) mass is 294 g/mol. The Morgan fingerprint density at radius 1 is 1.65 bits per heavy atom. The largest absolute Gasteiger partial charge is 0.335 e. The van der Waals surface area contributed by atoms with E-state index in [0.717, 1.165) is 10.7 Å². The zero-order valence-electron chi connectivity index (χ0n) is 9.09. The van der Waals surface area contributed by atoms with Crippen molar-refractivity contribution < 1.29 is 13.2 Å². The first kappa shape index (κ1) is 12.8. The maximum absolute atomic E-state index is 11.6. The second-order valence-corrected chi connectivity index (χ2v) is 7.81. The Kier molecular flexibility index (Phi) is 3.42. The predicted molar refractivity (Wildman–Crippen MR) is 65.4 cm³/mol. The lowest BCUT2D eigenvalue weighted by atomic mass is 10.4. The highest BCUT2D eigenvalue weighted by molar-refractivity contribution is 8.14. The van der Waals surface area contributed by atoms with E-state index in [-0.39, 0.29) is 18.9 Å². The van der Waals surface area contributed by atoms with Crippen LogP contribution in [0.25, 0.3) is 0 Å². The van der Waals surface area contributed by atoms with Crippen molar-refractivity contribution in [1.82, 2.24) is 9.88 Å². The highest BCUT2D eigenvalue weighted by Crippen LogP contribution is 2.23. The molecule has 0 radical (unpaired) electrons. The third-order valence-corrected chi connectivity index (χ3v) is 5.39. The zero-order chi connectivity index (χ0) is 12.6. The number of likely N-dealkylation sites (tertiary alicyclic amines) is 1. The van der Waals surface area contributed by atoms with Crippen LogP contribution in [0.2, 0.25) is 0 Å². The number of aryl methyl sites for hydroxylation is 1. The van der Waals surface area contributed by atoms with Crippen LogP contribution in [-0.2, 0) is 20.4 Å². The molecule has 1 amide bonds. The van der Waals surface area contributed by atoms with Gasteiger partial charge in [-0.1, -0.05) is 0 Å². The maximum atomic E-state index is 11.6. The van der Waals surface area contributed by atoms with Gasteiger partial charge in [-0.05, 0) is 6.92 Å². The number of rotatable bonds is 3. The molecule has 2 heterocycles. The molecule has 1 fully saturated rings. The van der Waals surface area contributed by atoms with Gasteiger partial charge in [0.25, 0.3) is 0 Å². The molecule has 0 aliphatic carbocycles. The minimum atomic E-state index is -3.66. The number of carbonyl (C=O) groups excluding carboxylic acids is 1. The van der Waals surface area contributed by atoms with Crippen LogP contribution in [0.4, 0.5) is 0 Å². The molecule has 1 aliphatic rings. The number of halogens is 1. The molecule has 1 aromatic heterocycles. The molecule has 0 N–H and O–H groups in total. The van der Waals surface area contributed by atoms with Gasteiger partial charge in [0.2, 0.25) is 15.0 Å². The Bertz CT molecular complexity index is 540. The highest BCUT2D eigenvalue weighted by Gasteiger charge is 2.37. The third kappa shape index (κ3) is 2.97. The second-order valence-electron chi connectivity index (χ2n) is 3.96. The molecule has 1 aromatic rings. The fourth-order valence-electron chi connectivity index (χ4n) is 1.72. The zero-order valence-corrected chi connectivity index (χ0v) is 11.5. The summed E-state index contributed by atoms with van der Waals surface area (Å²) in [5.74, 6) is -0.188. The van der Waals surface area contributed by atoms with Gasteiger partial charge in [-0.3, -0.25) is 4.79 Å². The van der Waals surface area contributed by atoms with E-state index in [0.29, 0.717) is 6.54 Å². The first-order chi connectivity index (χ1) is 7.86. The summed E-state index contributed by atoms with van der Waals surface area (Å²) in [6.07, 6.45) is -0.0316. The van der Waals surface area contributed by atoms with Gasteiger partial charge in [-0.2, -0.15) is 0 Å². The molecule has 17 heavy (non-hydrogen) atoms. The van der Waals surface area contributed by atoms with Crippen molar-refractivity contribution >= 4 is 37.0 Å². The number of amides is 1. The molecule has 1 unspecified atom stereocenters. The van der Waals surface area contributed by atoms with E-state index in [1.54, 1.807) is 0 Å². The summed E-state index contributed by atoms with van der Waals surface area (Å²) in [6, 6.07) is 0. The first-order valence-electron chi connectivity index (χ1n) is 4.98. The van der Waals surface area contributed by atoms with Crippen molar-refractivity contribution in [3.05, 3.63) is 16.1 Å². The highest BCUT2D eigenvalue weighted by atomic mass is 35.7. The molecule has 1 aliphatic heterocycles. The average Bonchev–Trinajstić information content (AvgIpc) is 2.74. The van der Waals surface area contributed by atoms with Gasteiger partial charge in [-0.25, -0.2) is 13.4 Å². The number of nitrogens with zero attached hydrogens (tertiary/aromatic N) is 2. The van der Waals surface area contributed by atoms with Gasteiger partial charge >= 0.3 is 0 Å². The number of hydrogen-bond acceptors (Lipinski definition) is 5. The molecule has 0 bridgehead atoms. The second kappa shape index (κ2) is 4.55.